The first-order valence-corrected chi connectivity index (χ1v) is 6.01. The van der Waals surface area contributed by atoms with Crippen molar-refractivity contribution in [2.24, 2.45) is 0 Å². The number of halogens is 3. The predicted molar refractivity (Wildman–Crippen MR) is 61.6 cm³/mol. The van der Waals surface area contributed by atoms with Gasteiger partial charge >= 0.3 is 0 Å². The monoisotopic (exact) mass is 270 g/mol. The molecule has 0 aromatic heterocycles. The number of hydrogen-bond acceptors (Lipinski definition) is 3. The van der Waals surface area contributed by atoms with Crippen LogP contribution in [0.25, 0.3) is 0 Å². The van der Waals surface area contributed by atoms with Crippen LogP contribution in [0.15, 0.2) is 12.1 Å². The van der Waals surface area contributed by atoms with Crippen molar-refractivity contribution < 1.29 is 17.9 Å². The first kappa shape index (κ1) is 13.8. The molecule has 1 heterocycles. The third-order valence-electron chi connectivity index (χ3n) is 3.04. The molecule has 1 N–H and O–H groups in total. The molecule has 6 heteroatoms. The molecule has 19 heavy (non-hydrogen) atoms. The van der Waals surface area contributed by atoms with Crippen LogP contribution in [0.5, 0.6) is 0 Å². The summed E-state index contributed by atoms with van der Waals surface area (Å²) in [6.45, 7) is 1.10. The van der Waals surface area contributed by atoms with Crippen LogP contribution in [0.2, 0.25) is 0 Å². The zero-order valence-electron chi connectivity index (χ0n) is 10.1. The summed E-state index contributed by atoms with van der Waals surface area (Å²) in [4.78, 5) is 0. The molecule has 1 saturated heterocycles. The van der Waals surface area contributed by atoms with E-state index in [4.69, 9.17) is 10.00 Å². The number of ether oxygens (including phenoxy) is 1. The van der Waals surface area contributed by atoms with Gasteiger partial charge in [-0.05, 0) is 30.5 Å². The van der Waals surface area contributed by atoms with E-state index in [2.05, 4.69) is 5.32 Å². The molecule has 1 fully saturated rings. The van der Waals surface area contributed by atoms with Gasteiger partial charge in [0.1, 0.15) is 6.04 Å². The van der Waals surface area contributed by atoms with Gasteiger partial charge in [0.25, 0.3) is 0 Å². The van der Waals surface area contributed by atoms with Crippen LogP contribution >= 0.6 is 0 Å². The first-order valence-electron chi connectivity index (χ1n) is 6.01. The molecule has 0 bridgehead atoms. The number of hydrogen-bond donors (Lipinski definition) is 1. The summed E-state index contributed by atoms with van der Waals surface area (Å²) in [5, 5.41) is 11.9. The largest absolute Gasteiger partial charge is 0.377 e. The molecule has 1 aromatic rings. The van der Waals surface area contributed by atoms with E-state index in [1.54, 1.807) is 0 Å². The molecule has 102 valence electrons. The molecule has 2 rings (SSSR count). The smallest absolute Gasteiger partial charge is 0.194 e. The Balaban J connectivity index is 2.06. The Kier molecular flexibility index (Phi) is 4.40. The summed E-state index contributed by atoms with van der Waals surface area (Å²) in [5.41, 5.74) is 0.0666. The van der Waals surface area contributed by atoms with E-state index < -0.39 is 23.5 Å². The lowest BCUT2D eigenvalue weighted by Gasteiger charge is -2.15. The van der Waals surface area contributed by atoms with E-state index in [0.29, 0.717) is 13.2 Å². The summed E-state index contributed by atoms with van der Waals surface area (Å²) in [6.07, 6.45) is 1.85. The highest BCUT2D eigenvalue weighted by molar-refractivity contribution is 5.26. The molecular formula is C13H13F3N2O. The van der Waals surface area contributed by atoms with Crippen LogP contribution in [0.4, 0.5) is 13.2 Å². The third kappa shape index (κ3) is 3.25. The highest BCUT2D eigenvalue weighted by Gasteiger charge is 2.20. The van der Waals surface area contributed by atoms with Gasteiger partial charge in [-0.3, -0.25) is 5.32 Å². The summed E-state index contributed by atoms with van der Waals surface area (Å²) in [5.74, 6) is -4.12. The minimum Gasteiger partial charge on any atom is -0.377 e. The van der Waals surface area contributed by atoms with Crippen molar-refractivity contribution in [1.82, 2.24) is 5.32 Å². The lowest BCUT2D eigenvalue weighted by molar-refractivity contribution is 0.109. The maximum Gasteiger partial charge on any atom is 0.194 e. The Hall–Kier alpha value is -1.58. The van der Waals surface area contributed by atoms with Gasteiger partial charge in [-0.1, -0.05) is 0 Å². The number of nitriles is 1. The zero-order chi connectivity index (χ0) is 13.8. The first-order chi connectivity index (χ1) is 9.11. The van der Waals surface area contributed by atoms with Crippen molar-refractivity contribution in [2.45, 2.75) is 25.0 Å². The normalized spacial score (nSPS) is 20.2. The van der Waals surface area contributed by atoms with Gasteiger partial charge < -0.3 is 4.74 Å². The Morgan fingerprint density at radius 2 is 2.05 bits per heavy atom. The fourth-order valence-corrected chi connectivity index (χ4v) is 2.03. The summed E-state index contributed by atoms with van der Waals surface area (Å²) < 4.78 is 44.4. The van der Waals surface area contributed by atoms with Crippen molar-refractivity contribution in [3.8, 4) is 6.07 Å². The van der Waals surface area contributed by atoms with Gasteiger partial charge in [-0.2, -0.15) is 5.26 Å². The molecule has 2 unspecified atom stereocenters. The Labute approximate surface area is 109 Å². The van der Waals surface area contributed by atoms with Crippen LogP contribution in [-0.2, 0) is 4.74 Å². The fourth-order valence-electron chi connectivity index (χ4n) is 2.03. The second-order valence-electron chi connectivity index (χ2n) is 4.40. The Morgan fingerprint density at radius 3 is 2.58 bits per heavy atom. The Bertz CT molecular complexity index is 472. The maximum absolute atomic E-state index is 13.1. The van der Waals surface area contributed by atoms with E-state index in [9.17, 15) is 13.2 Å². The second kappa shape index (κ2) is 6.04. The molecule has 0 amide bonds. The maximum atomic E-state index is 13.1. The van der Waals surface area contributed by atoms with Gasteiger partial charge in [0.05, 0.1) is 12.2 Å². The van der Waals surface area contributed by atoms with Crippen molar-refractivity contribution >= 4 is 0 Å². The minimum absolute atomic E-state index is 0.00555. The van der Waals surface area contributed by atoms with E-state index in [1.165, 1.54) is 0 Å². The topological polar surface area (TPSA) is 45.0 Å². The van der Waals surface area contributed by atoms with E-state index in [1.807, 2.05) is 6.07 Å². The summed E-state index contributed by atoms with van der Waals surface area (Å²) in [7, 11) is 0. The number of nitrogens with one attached hydrogen (secondary N) is 1. The standard InChI is InChI=1S/C13H13F3N2O/c14-10-4-8(5-11(15)13(10)16)12(6-17)18-7-9-2-1-3-19-9/h4-5,9,12,18H,1-3,7H2. The van der Waals surface area contributed by atoms with Crippen LogP contribution in [-0.4, -0.2) is 19.3 Å². The van der Waals surface area contributed by atoms with Crippen molar-refractivity contribution in [2.75, 3.05) is 13.2 Å². The fraction of sp³-hybridized carbons (Fsp3) is 0.462. The molecule has 2 atom stereocenters. The summed E-state index contributed by atoms with van der Waals surface area (Å²) in [6, 6.07) is 2.66. The van der Waals surface area contributed by atoms with E-state index >= 15 is 0 Å². The van der Waals surface area contributed by atoms with Crippen molar-refractivity contribution in [3.63, 3.8) is 0 Å². The SMILES string of the molecule is N#CC(NCC1CCCO1)c1cc(F)c(F)c(F)c1. The van der Waals surface area contributed by atoms with Gasteiger partial charge in [0.2, 0.25) is 0 Å². The van der Waals surface area contributed by atoms with Crippen LogP contribution in [0, 0.1) is 28.8 Å². The average molecular weight is 270 g/mol. The highest BCUT2D eigenvalue weighted by atomic mass is 19.2. The van der Waals surface area contributed by atoms with E-state index in [0.717, 1.165) is 25.0 Å². The van der Waals surface area contributed by atoms with Crippen LogP contribution in [0.1, 0.15) is 24.4 Å². The van der Waals surface area contributed by atoms with Crippen LogP contribution < -0.4 is 5.32 Å². The minimum atomic E-state index is -1.53. The molecule has 3 nitrogen and oxygen atoms in total. The molecule has 0 spiro atoms. The molecular weight excluding hydrogens is 257 g/mol. The number of rotatable bonds is 4. The lowest BCUT2D eigenvalue weighted by Crippen LogP contribution is -2.29. The molecule has 1 aromatic carbocycles. The third-order valence-corrected chi connectivity index (χ3v) is 3.04. The lowest BCUT2D eigenvalue weighted by atomic mass is 10.1. The summed E-state index contributed by atoms with van der Waals surface area (Å²) >= 11 is 0. The van der Waals surface area contributed by atoms with Gasteiger partial charge in [0.15, 0.2) is 17.5 Å². The quantitative estimate of drug-likeness (QED) is 0.855. The second-order valence-corrected chi connectivity index (χ2v) is 4.40. The molecule has 0 aliphatic carbocycles. The number of nitrogens with zero attached hydrogens (tertiary/aromatic N) is 1. The van der Waals surface area contributed by atoms with Crippen molar-refractivity contribution in [1.29, 1.82) is 5.26 Å². The average Bonchev–Trinajstić information content (AvgIpc) is 2.89. The molecule has 1 aliphatic rings. The van der Waals surface area contributed by atoms with Gasteiger partial charge in [-0.15, -0.1) is 0 Å². The Morgan fingerprint density at radius 1 is 1.37 bits per heavy atom. The highest BCUT2D eigenvalue weighted by Crippen LogP contribution is 2.20. The molecule has 0 saturated carbocycles. The molecule has 1 aliphatic heterocycles. The number of benzene rings is 1. The predicted octanol–water partition coefficient (Wildman–Crippen LogP) is 2.44. The van der Waals surface area contributed by atoms with Gasteiger partial charge in [-0.25, -0.2) is 13.2 Å². The van der Waals surface area contributed by atoms with Crippen LogP contribution in [0.3, 0.4) is 0 Å². The molecule has 0 radical (unpaired) electrons. The van der Waals surface area contributed by atoms with E-state index in [-0.39, 0.29) is 11.7 Å². The van der Waals surface area contributed by atoms with Crippen molar-refractivity contribution in [3.05, 3.63) is 35.1 Å². The zero-order valence-corrected chi connectivity index (χ0v) is 10.1. The van der Waals surface area contributed by atoms with Gasteiger partial charge in [0, 0.05) is 13.2 Å².